The Morgan fingerprint density at radius 1 is 1.00 bits per heavy atom. The van der Waals surface area contributed by atoms with Crippen molar-refractivity contribution in [1.29, 1.82) is 0 Å². The quantitative estimate of drug-likeness (QED) is 0.754. The van der Waals surface area contributed by atoms with Gasteiger partial charge in [0.15, 0.2) is 0 Å². The first-order chi connectivity index (χ1) is 14.3. The minimum Gasteiger partial charge on any atom is -0.326 e. The molecule has 1 aliphatic rings. The summed E-state index contributed by atoms with van der Waals surface area (Å²) in [5, 5.41) is 5.59. The topological polar surface area (TPSA) is 112 Å². The van der Waals surface area contributed by atoms with Crippen LogP contribution in [-0.4, -0.2) is 60.7 Å². The number of amides is 3. The van der Waals surface area contributed by atoms with Gasteiger partial charge in [-0.25, -0.2) is 13.2 Å². The van der Waals surface area contributed by atoms with Crippen LogP contribution in [0.25, 0.3) is 0 Å². The highest BCUT2D eigenvalue weighted by Crippen LogP contribution is 2.19. The molecule has 0 aliphatic carbocycles. The van der Waals surface area contributed by atoms with Crippen molar-refractivity contribution < 1.29 is 18.0 Å². The van der Waals surface area contributed by atoms with E-state index >= 15 is 0 Å². The maximum Gasteiger partial charge on any atom is 0.321 e. The van der Waals surface area contributed by atoms with Gasteiger partial charge in [0.1, 0.15) is 4.90 Å². The van der Waals surface area contributed by atoms with Crippen LogP contribution < -0.4 is 10.6 Å². The Morgan fingerprint density at radius 3 is 2.27 bits per heavy atom. The molecule has 2 heterocycles. The molecule has 2 N–H and O–H groups in total. The lowest BCUT2D eigenvalue weighted by atomic mass is 10.2. The zero-order valence-corrected chi connectivity index (χ0v) is 17.7. The number of sulfonamides is 1. The van der Waals surface area contributed by atoms with Crippen LogP contribution in [0, 0.1) is 5.92 Å². The number of carbonyl (C=O) groups is 2. The molecule has 0 radical (unpaired) electrons. The van der Waals surface area contributed by atoms with Crippen molar-refractivity contribution in [2.45, 2.75) is 18.7 Å². The van der Waals surface area contributed by atoms with Gasteiger partial charge < -0.3 is 15.5 Å². The van der Waals surface area contributed by atoms with Gasteiger partial charge in [0, 0.05) is 55.9 Å². The lowest BCUT2D eigenvalue weighted by Crippen LogP contribution is -2.51. The molecule has 3 amide bonds. The van der Waals surface area contributed by atoms with Crippen LogP contribution >= 0.6 is 0 Å². The Hall–Kier alpha value is -2.98. The summed E-state index contributed by atoms with van der Waals surface area (Å²) in [6.07, 6.45) is 2.84. The number of aromatic nitrogens is 1. The molecular weight excluding hydrogens is 406 g/mol. The normalized spacial score (nSPS) is 15.1. The van der Waals surface area contributed by atoms with Crippen LogP contribution in [0.5, 0.6) is 0 Å². The molecule has 2 aromatic rings. The molecule has 0 unspecified atom stereocenters. The number of carbonyl (C=O) groups excluding carboxylic acids is 2. The number of nitrogens with one attached hydrogen (secondary N) is 2. The van der Waals surface area contributed by atoms with E-state index in [4.69, 9.17) is 0 Å². The molecule has 30 heavy (non-hydrogen) atoms. The first-order valence-corrected chi connectivity index (χ1v) is 11.1. The maximum absolute atomic E-state index is 12.7. The molecule has 1 aromatic carbocycles. The Balaban J connectivity index is 1.58. The van der Waals surface area contributed by atoms with Crippen molar-refractivity contribution >= 4 is 33.3 Å². The Morgan fingerprint density at radius 2 is 1.67 bits per heavy atom. The number of hydrogen-bond donors (Lipinski definition) is 2. The van der Waals surface area contributed by atoms with Crippen LogP contribution in [0.1, 0.15) is 13.8 Å². The molecule has 3 rings (SSSR count). The molecule has 1 aliphatic heterocycles. The SMILES string of the molecule is CC(C)C(=O)Nc1cccc(NC(=O)N2CCN(S(=O)(=O)c3cccnc3)CC2)c1. The van der Waals surface area contributed by atoms with Crippen molar-refractivity contribution in [1.82, 2.24) is 14.2 Å². The van der Waals surface area contributed by atoms with E-state index in [2.05, 4.69) is 15.6 Å². The largest absolute Gasteiger partial charge is 0.326 e. The van der Waals surface area contributed by atoms with Gasteiger partial charge in [-0.15, -0.1) is 0 Å². The van der Waals surface area contributed by atoms with Crippen LogP contribution in [0.2, 0.25) is 0 Å². The van der Waals surface area contributed by atoms with Crippen LogP contribution in [-0.2, 0) is 14.8 Å². The fourth-order valence-electron chi connectivity index (χ4n) is 2.94. The van der Waals surface area contributed by atoms with Gasteiger partial charge in [-0.1, -0.05) is 19.9 Å². The Kier molecular flexibility index (Phi) is 6.68. The molecule has 0 bridgehead atoms. The average molecular weight is 432 g/mol. The fraction of sp³-hybridized carbons (Fsp3) is 0.350. The lowest BCUT2D eigenvalue weighted by molar-refractivity contribution is -0.118. The molecule has 10 heteroatoms. The zero-order valence-electron chi connectivity index (χ0n) is 16.9. The van der Waals surface area contributed by atoms with E-state index in [1.165, 1.54) is 22.8 Å². The van der Waals surface area contributed by atoms with Crippen LogP contribution in [0.3, 0.4) is 0 Å². The van der Waals surface area contributed by atoms with E-state index in [-0.39, 0.29) is 48.9 Å². The summed E-state index contributed by atoms with van der Waals surface area (Å²) >= 11 is 0. The van der Waals surface area contributed by atoms with E-state index in [1.807, 2.05) is 0 Å². The molecule has 9 nitrogen and oxygen atoms in total. The van der Waals surface area contributed by atoms with Gasteiger partial charge in [-0.2, -0.15) is 4.31 Å². The number of benzene rings is 1. The summed E-state index contributed by atoms with van der Waals surface area (Å²) < 4.78 is 26.7. The number of nitrogens with zero attached hydrogens (tertiary/aromatic N) is 3. The highest BCUT2D eigenvalue weighted by Gasteiger charge is 2.30. The molecule has 1 fully saturated rings. The number of urea groups is 1. The summed E-state index contributed by atoms with van der Waals surface area (Å²) in [6, 6.07) is 9.66. The van der Waals surface area contributed by atoms with E-state index < -0.39 is 10.0 Å². The summed E-state index contributed by atoms with van der Waals surface area (Å²) in [7, 11) is -3.62. The van der Waals surface area contributed by atoms with Crippen molar-refractivity contribution in [2.75, 3.05) is 36.8 Å². The molecule has 0 atom stereocenters. The number of rotatable bonds is 5. The lowest BCUT2D eigenvalue weighted by Gasteiger charge is -2.33. The van der Waals surface area contributed by atoms with Crippen molar-refractivity contribution in [3.05, 3.63) is 48.8 Å². The monoisotopic (exact) mass is 431 g/mol. The number of anilines is 2. The third kappa shape index (κ3) is 5.14. The molecule has 160 valence electrons. The second-order valence-corrected chi connectivity index (χ2v) is 9.17. The predicted octanol–water partition coefficient (Wildman–Crippen LogP) is 2.21. The van der Waals surface area contributed by atoms with Gasteiger partial charge in [-0.3, -0.25) is 9.78 Å². The summed E-state index contributed by atoms with van der Waals surface area (Å²) in [4.78, 5) is 30.0. The Labute approximate surface area is 176 Å². The van der Waals surface area contributed by atoms with Gasteiger partial charge >= 0.3 is 6.03 Å². The first-order valence-electron chi connectivity index (χ1n) is 9.64. The highest BCUT2D eigenvalue weighted by molar-refractivity contribution is 7.89. The molecule has 0 saturated carbocycles. The predicted molar refractivity (Wildman–Crippen MR) is 113 cm³/mol. The van der Waals surface area contributed by atoms with Crippen molar-refractivity contribution in [2.24, 2.45) is 5.92 Å². The zero-order chi connectivity index (χ0) is 21.7. The first kappa shape index (κ1) is 21.7. The summed E-state index contributed by atoms with van der Waals surface area (Å²) in [5.41, 5.74) is 1.14. The minimum absolute atomic E-state index is 0.107. The van der Waals surface area contributed by atoms with E-state index in [0.717, 1.165) is 0 Å². The van der Waals surface area contributed by atoms with Gasteiger partial charge in [0.05, 0.1) is 0 Å². The number of hydrogen-bond acceptors (Lipinski definition) is 5. The van der Waals surface area contributed by atoms with E-state index in [0.29, 0.717) is 11.4 Å². The molecule has 0 spiro atoms. The maximum atomic E-state index is 12.7. The molecule has 1 saturated heterocycles. The van der Waals surface area contributed by atoms with Crippen LogP contribution in [0.15, 0.2) is 53.7 Å². The summed E-state index contributed by atoms with van der Waals surface area (Å²) in [6.45, 7) is 4.55. The van der Waals surface area contributed by atoms with Crippen molar-refractivity contribution in [3.63, 3.8) is 0 Å². The van der Waals surface area contributed by atoms with Crippen LogP contribution in [0.4, 0.5) is 16.2 Å². The molecule has 1 aromatic heterocycles. The second-order valence-electron chi connectivity index (χ2n) is 7.23. The minimum atomic E-state index is -3.62. The smallest absolute Gasteiger partial charge is 0.321 e. The standard InChI is InChI=1S/C20H25N5O4S/c1-15(2)19(26)22-16-5-3-6-17(13-16)23-20(27)24-9-11-25(12-10-24)30(28,29)18-7-4-8-21-14-18/h3-8,13-15H,9-12H2,1-2H3,(H,22,26)(H,23,27). The third-order valence-corrected chi connectivity index (χ3v) is 6.59. The van der Waals surface area contributed by atoms with Crippen molar-refractivity contribution in [3.8, 4) is 0 Å². The second kappa shape index (κ2) is 9.23. The average Bonchev–Trinajstić information content (AvgIpc) is 2.74. The summed E-state index contributed by atoms with van der Waals surface area (Å²) in [5.74, 6) is -0.257. The van der Waals surface area contributed by atoms with E-state index in [1.54, 1.807) is 49.1 Å². The fourth-order valence-corrected chi connectivity index (χ4v) is 4.33. The Bertz CT molecular complexity index is 1000. The number of piperazine rings is 1. The third-order valence-electron chi connectivity index (χ3n) is 4.70. The van der Waals surface area contributed by atoms with Gasteiger partial charge in [-0.05, 0) is 30.3 Å². The number of pyridine rings is 1. The van der Waals surface area contributed by atoms with E-state index in [9.17, 15) is 18.0 Å². The van der Waals surface area contributed by atoms with Gasteiger partial charge in [0.2, 0.25) is 15.9 Å². The highest BCUT2D eigenvalue weighted by atomic mass is 32.2. The van der Waals surface area contributed by atoms with Gasteiger partial charge in [0.25, 0.3) is 0 Å². The molecular formula is C20H25N5O4S.